The zero-order valence-corrected chi connectivity index (χ0v) is 10.6. The van der Waals surface area contributed by atoms with Gasteiger partial charge in [0.1, 0.15) is 18.2 Å². The predicted molar refractivity (Wildman–Crippen MR) is 66.7 cm³/mol. The molecule has 1 unspecified atom stereocenters. The van der Waals surface area contributed by atoms with E-state index in [2.05, 4.69) is 9.97 Å². The van der Waals surface area contributed by atoms with Crippen molar-refractivity contribution in [1.29, 1.82) is 0 Å². The number of nitrogens with zero attached hydrogens (tertiary/aromatic N) is 3. The van der Waals surface area contributed by atoms with Crippen LogP contribution in [0.2, 0.25) is 0 Å². The smallest absolute Gasteiger partial charge is 0.158 e. The maximum Gasteiger partial charge on any atom is 0.158 e. The van der Waals surface area contributed by atoms with E-state index in [1.807, 2.05) is 11.9 Å². The maximum atomic E-state index is 9.24. The molecule has 1 aromatic heterocycles. The van der Waals surface area contributed by atoms with E-state index in [9.17, 15) is 5.11 Å². The summed E-state index contributed by atoms with van der Waals surface area (Å²) in [5.74, 6) is 1.72. The number of aromatic nitrogens is 2. The van der Waals surface area contributed by atoms with Crippen LogP contribution in [0, 0.1) is 0 Å². The molecule has 1 heterocycles. The molecule has 0 saturated heterocycles. The molecule has 0 radical (unpaired) electrons. The van der Waals surface area contributed by atoms with E-state index in [1.54, 1.807) is 20.1 Å². The largest absolute Gasteiger partial charge is 0.393 e. The maximum absolute atomic E-state index is 9.24. The summed E-state index contributed by atoms with van der Waals surface area (Å²) in [6.45, 7) is 2.81. The Bertz CT molecular complexity index is 357. The third-order valence-corrected chi connectivity index (χ3v) is 2.33. The number of anilines is 2. The first-order valence-corrected chi connectivity index (χ1v) is 5.54. The van der Waals surface area contributed by atoms with Gasteiger partial charge < -0.3 is 20.5 Å². The molecule has 0 aliphatic heterocycles. The Morgan fingerprint density at radius 2 is 2.24 bits per heavy atom. The summed E-state index contributed by atoms with van der Waals surface area (Å²) >= 11 is 0. The summed E-state index contributed by atoms with van der Waals surface area (Å²) in [5.41, 5.74) is 5.70. The molecule has 0 saturated carbocycles. The van der Waals surface area contributed by atoms with Gasteiger partial charge in [0.05, 0.1) is 6.10 Å². The lowest BCUT2D eigenvalue weighted by Crippen LogP contribution is -2.23. The fraction of sp³-hybridized carbons (Fsp3) is 0.636. The van der Waals surface area contributed by atoms with E-state index in [0.717, 1.165) is 5.82 Å². The molecular weight excluding hydrogens is 220 g/mol. The summed E-state index contributed by atoms with van der Waals surface area (Å²) in [6.07, 6.45) is 0.357. The first-order valence-electron chi connectivity index (χ1n) is 5.54. The standard InChI is InChI=1S/C11H20N4O2/c1-8(16)4-5-15(2)11-6-9(12)13-10(14-11)7-17-3/h6,8,16H,4-5,7H2,1-3H3,(H2,12,13,14). The first-order chi connectivity index (χ1) is 8.02. The van der Waals surface area contributed by atoms with Crippen LogP contribution in [0.1, 0.15) is 19.2 Å². The molecule has 3 N–H and O–H groups in total. The van der Waals surface area contributed by atoms with E-state index in [1.165, 1.54) is 0 Å². The normalized spacial score (nSPS) is 12.5. The van der Waals surface area contributed by atoms with Gasteiger partial charge in [-0.05, 0) is 13.3 Å². The number of aliphatic hydroxyl groups excluding tert-OH is 1. The van der Waals surface area contributed by atoms with Crippen LogP contribution in [-0.2, 0) is 11.3 Å². The molecule has 1 atom stereocenters. The Kier molecular flexibility index (Phi) is 5.11. The van der Waals surface area contributed by atoms with Gasteiger partial charge >= 0.3 is 0 Å². The number of hydrogen-bond donors (Lipinski definition) is 2. The van der Waals surface area contributed by atoms with Crippen LogP contribution < -0.4 is 10.6 Å². The number of aliphatic hydroxyl groups is 1. The topological polar surface area (TPSA) is 84.5 Å². The number of methoxy groups -OCH3 is 1. The van der Waals surface area contributed by atoms with Gasteiger partial charge in [0.15, 0.2) is 5.82 Å². The van der Waals surface area contributed by atoms with Crippen molar-refractivity contribution in [3.63, 3.8) is 0 Å². The van der Waals surface area contributed by atoms with Crippen LogP contribution >= 0.6 is 0 Å². The molecule has 17 heavy (non-hydrogen) atoms. The molecule has 0 amide bonds. The zero-order chi connectivity index (χ0) is 12.8. The van der Waals surface area contributed by atoms with Gasteiger partial charge in [0.25, 0.3) is 0 Å². The molecule has 1 aromatic rings. The van der Waals surface area contributed by atoms with Crippen LogP contribution in [0.4, 0.5) is 11.6 Å². The van der Waals surface area contributed by atoms with Gasteiger partial charge in [-0.25, -0.2) is 9.97 Å². The first kappa shape index (κ1) is 13.7. The second-order valence-electron chi connectivity index (χ2n) is 4.06. The van der Waals surface area contributed by atoms with Crippen LogP contribution in [0.5, 0.6) is 0 Å². The summed E-state index contributed by atoms with van der Waals surface area (Å²) in [7, 11) is 3.49. The van der Waals surface area contributed by atoms with Crippen molar-refractivity contribution in [2.24, 2.45) is 0 Å². The van der Waals surface area contributed by atoms with Crippen molar-refractivity contribution in [2.45, 2.75) is 26.1 Å². The average Bonchev–Trinajstić information content (AvgIpc) is 2.25. The van der Waals surface area contributed by atoms with Gasteiger partial charge in [0.2, 0.25) is 0 Å². The molecule has 0 bridgehead atoms. The van der Waals surface area contributed by atoms with Crippen LogP contribution in [0.15, 0.2) is 6.07 Å². The molecule has 0 spiro atoms. The Hall–Kier alpha value is -1.40. The fourth-order valence-corrected chi connectivity index (χ4v) is 1.39. The SMILES string of the molecule is COCc1nc(N)cc(N(C)CCC(C)O)n1. The highest BCUT2D eigenvalue weighted by atomic mass is 16.5. The summed E-state index contributed by atoms with van der Waals surface area (Å²) < 4.78 is 4.98. The van der Waals surface area contributed by atoms with Crippen molar-refractivity contribution in [3.05, 3.63) is 11.9 Å². The number of hydrogen-bond acceptors (Lipinski definition) is 6. The molecule has 96 valence electrons. The Balaban J connectivity index is 2.74. The monoisotopic (exact) mass is 240 g/mol. The van der Waals surface area contributed by atoms with Crippen molar-refractivity contribution in [1.82, 2.24) is 9.97 Å². The molecule has 0 aliphatic carbocycles. The summed E-state index contributed by atoms with van der Waals surface area (Å²) in [6, 6.07) is 1.71. The molecule has 6 nitrogen and oxygen atoms in total. The second kappa shape index (κ2) is 6.36. The van der Waals surface area contributed by atoms with E-state index in [4.69, 9.17) is 10.5 Å². The number of rotatable bonds is 6. The lowest BCUT2D eigenvalue weighted by molar-refractivity contribution is 0.178. The van der Waals surface area contributed by atoms with E-state index >= 15 is 0 Å². The van der Waals surface area contributed by atoms with E-state index in [-0.39, 0.29) is 6.10 Å². The number of nitrogen functional groups attached to an aromatic ring is 1. The van der Waals surface area contributed by atoms with Crippen LogP contribution in [0.3, 0.4) is 0 Å². The summed E-state index contributed by atoms with van der Waals surface area (Å²) in [5, 5.41) is 9.24. The highest BCUT2D eigenvalue weighted by molar-refractivity contribution is 5.46. The lowest BCUT2D eigenvalue weighted by atomic mass is 10.3. The predicted octanol–water partition coefficient (Wildman–Crippen LogP) is 0.412. The van der Waals surface area contributed by atoms with Gasteiger partial charge in [-0.2, -0.15) is 0 Å². The molecular formula is C11H20N4O2. The van der Waals surface area contributed by atoms with E-state index in [0.29, 0.717) is 31.2 Å². The van der Waals surface area contributed by atoms with Crippen molar-refractivity contribution >= 4 is 11.6 Å². The zero-order valence-electron chi connectivity index (χ0n) is 10.6. The van der Waals surface area contributed by atoms with Gasteiger partial charge in [-0.1, -0.05) is 0 Å². The minimum atomic E-state index is -0.324. The molecule has 0 aliphatic rings. The Morgan fingerprint density at radius 1 is 1.53 bits per heavy atom. The highest BCUT2D eigenvalue weighted by Gasteiger charge is 2.08. The average molecular weight is 240 g/mol. The third-order valence-electron chi connectivity index (χ3n) is 2.33. The quantitative estimate of drug-likeness (QED) is 0.749. The van der Waals surface area contributed by atoms with Gasteiger partial charge in [-0.3, -0.25) is 0 Å². The van der Waals surface area contributed by atoms with Crippen LogP contribution in [-0.4, -0.2) is 41.9 Å². The highest BCUT2D eigenvalue weighted by Crippen LogP contribution is 2.13. The van der Waals surface area contributed by atoms with Gasteiger partial charge in [-0.15, -0.1) is 0 Å². The van der Waals surface area contributed by atoms with E-state index < -0.39 is 0 Å². The summed E-state index contributed by atoms with van der Waals surface area (Å²) in [4.78, 5) is 10.3. The van der Waals surface area contributed by atoms with Crippen molar-refractivity contribution in [3.8, 4) is 0 Å². The third kappa shape index (κ3) is 4.54. The second-order valence-corrected chi connectivity index (χ2v) is 4.06. The van der Waals surface area contributed by atoms with Gasteiger partial charge in [0, 0.05) is 26.8 Å². The van der Waals surface area contributed by atoms with Crippen molar-refractivity contribution in [2.75, 3.05) is 31.3 Å². The molecule has 1 rings (SSSR count). The van der Waals surface area contributed by atoms with Crippen molar-refractivity contribution < 1.29 is 9.84 Å². The number of nitrogens with two attached hydrogens (primary N) is 1. The minimum absolute atomic E-state index is 0.324. The fourth-order valence-electron chi connectivity index (χ4n) is 1.39. The Morgan fingerprint density at radius 3 is 2.82 bits per heavy atom. The molecule has 0 fully saturated rings. The molecule has 0 aromatic carbocycles. The Labute approximate surface area is 101 Å². The minimum Gasteiger partial charge on any atom is -0.393 e. The lowest BCUT2D eigenvalue weighted by Gasteiger charge is -2.19. The van der Waals surface area contributed by atoms with Crippen LogP contribution in [0.25, 0.3) is 0 Å². The number of ether oxygens (including phenoxy) is 1. The molecule has 6 heteroatoms.